The molecule has 2 aromatic carbocycles. The molecule has 3 aromatic rings. The highest BCUT2D eigenvalue weighted by atomic mass is 35.5. The molecule has 4 aliphatic rings. The Morgan fingerprint density at radius 2 is 1.76 bits per heavy atom. The van der Waals surface area contributed by atoms with E-state index < -0.39 is 11.6 Å². The van der Waals surface area contributed by atoms with Crippen LogP contribution in [0.15, 0.2) is 30.3 Å². The maximum atomic E-state index is 14.6. The average Bonchev–Trinajstić information content (AvgIpc) is 3.55. The van der Waals surface area contributed by atoms with Crippen molar-refractivity contribution in [3.05, 3.63) is 69.8 Å². The van der Waals surface area contributed by atoms with Gasteiger partial charge in [-0.1, -0.05) is 11.6 Å². The molecule has 0 N–H and O–H groups in total. The predicted molar refractivity (Wildman–Crippen MR) is 126 cm³/mol. The van der Waals surface area contributed by atoms with Gasteiger partial charge in [-0.25, -0.2) is 8.78 Å². The van der Waals surface area contributed by atoms with Crippen molar-refractivity contribution in [3.63, 3.8) is 0 Å². The van der Waals surface area contributed by atoms with Gasteiger partial charge in [-0.05, 0) is 68.5 Å². The van der Waals surface area contributed by atoms with E-state index in [-0.39, 0.29) is 11.0 Å². The number of rotatable bonds is 3. The standard InChI is InChI=1S/C26H26ClF2N5/c1-15-20(28)5-7-22(24(15)29)33-13-26(14-33)9-17(10-26)25-31-30-23-12-32(19-3-4-19)11-16-8-18(27)2-6-21(16)34(23)25/h2,5-8,17,19H,3-4,9-14H2,1H3. The highest BCUT2D eigenvalue weighted by molar-refractivity contribution is 6.30. The van der Waals surface area contributed by atoms with Crippen LogP contribution in [-0.2, 0) is 13.1 Å². The molecule has 176 valence electrons. The van der Waals surface area contributed by atoms with Gasteiger partial charge in [0.15, 0.2) is 11.6 Å². The number of halogens is 3. The Kier molecular flexibility index (Phi) is 4.44. The second-order valence-electron chi connectivity index (χ2n) is 10.7. The Morgan fingerprint density at radius 1 is 1.00 bits per heavy atom. The van der Waals surface area contributed by atoms with Crippen molar-refractivity contribution in [2.45, 2.75) is 57.7 Å². The minimum atomic E-state index is -0.491. The summed E-state index contributed by atoms with van der Waals surface area (Å²) in [4.78, 5) is 4.53. The molecule has 0 atom stereocenters. The second-order valence-corrected chi connectivity index (χ2v) is 11.1. The Morgan fingerprint density at radius 3 is 2.53 bits per heavy atom. The molecule has 3 fully saturated rings. The molecule has 1 saturated heterocycles. The number of nitrogens with zero attached hydrogens (tertiary/aromatic N) is 5. The third-order valence-corrected chi connectivity index (χ3v) is 8.47. The fourth-order valence-electron chi connectivity index (χ4n) is 6.26. The summed E-state index contributed by atoms with van der Waals surface area (Å²) in [5.74, 6) is 1.44. The number of fused-ring (bicyclic) bond motifs is 3. The van der Waals surface area contributed by atoms with Gasteiger partial charge in [-0.2, -0.15) is 0 Å². The van der Waals surface area contributed by atoms with Crippen LogP contribution in [0.5, 0.6) is 0 Å². The van der Waals surface area contributed by atoms with Gasteiger partial charge >= 0.3 is 0 Å². The average molecular weight is 482 g/mol. The van der Waals surface area contributed by atoms with Crippen LogP contribution >= 0.6 is 11.6 Å². The summed E-state index contributed by atoms with van der Waals surface area (Å²) in [5.41, 5.74) is 3.15. The molecule has 5 nitrogen and oxygen atoms in total. The fraction of sp³-hybridized carbons (Fsp3) is 0.462. The van der Waals surface area contributed by atoms with Crippen LogP contribution in [0.3, 0.4) is 0 Å². The van der Waals surface area contributed by atoms with E-state index in [2.05, 4.69) is 31.8 Å². The van der Waals surface area contributed by atoms with E-state index in [0.717, 1.165) is 61.4 Å². The van der Waals surface area contributed by atoms with Crippen LogP contribution in [0.2, 0.25) is 5.02 Å². The van der Waals surface area contributed by atoms with Crippen LogP contribution in [0.1, 0.15) is 54.4 Å². The number of aromatic nitrogens is 3. The Balaban J connectivity index is 1.13. The first-order valence-electron chi connectivity index (χ1n) is 12.1. The van der Waals surface area contributed by atoms with Gasteiger partial charge in [-0.3, -0.25) is 9.47 Å². The SMILES string of the molecule is Cc1c(F)ccc(N2CC3(CC(c4nnc5n4-c4ccc(Cl)cc4CN(C4CC4)C5)C3)C2)c1F. The first kappa shape index (κ1) is 20.8. The molecule has 0 unspecified atom stereocenters. The van der Waals surface area contributed by atoms with Crippen LogP contribution in [-0.4, -0.2) is 38.8 Å². The normalized spacial score (nSPS) is 21.6. The van der Waals surface area contributed by atoms with E-state index in [4.69, 9.17) is 11.6 Å². The van der Waals surface area contributed by atoms with Crippen LogP contribution in [0.25, 0.3) is 5.69 Å². The van der Waals surface area contributed by atoms with Gasteiger partial charge in [0.2, 0.25) is 0 Å². The number of benzene rings is 2. The third kappa shape index (κ3) is 3.13. The van der Waals surface area contributed by atoms with Gasteiger partial charge in [0, 0.05) is 47.6 Å². The molecule has 2 aliphatic carbocycles. The molecule has 34 heavy (non-hydrogen) atoms. The molecule has 2 saturated carbocycles. The highest BCUT2D eigenvalue weighted by Crippen LogP contribution is 2.57. The monoisotopic (exact) mass is 481 g/mol. The lowest BCUT2D eigenvalue weighted by molar-refractivity contribution is 0.0582. The van der Waals surface area contributed by atoms with Crippen LogP contribution < -0.4 is 4.90 Å². The lowest BCUT2D eigenvalue weighted by Gasteiger charge is -2.59. The zero-order valence-electron chi connectivity index (χ0n) is 19.1. The zero-order valence-corrected chi connectivity index (χ0v) is 19.8. The summed E-state index contributed by atoms with van der Waals surface area (Å²) in [6, 6.07) is 9.68. The Bertz CT molecular complexity index is 1300. The molecule has 0 amide bonds. The zero-order chi connectivity index (χ0) is 23.2. The summed E-state index contributed by atoms with van der Waals surface area (Å²) in [5, 5.41) is 10.1. The van der Waals surface area contributed by atoms with E-state index in [1.165, 1.54) is 31.4 Å². The second kappa shape index (κ2) is 7.25. The van der Waals surface area contributed by atoms with Gasteiger partial charge in [0.05, 0.1) is 17.9 Å². The summed E-state index contributed by atoms with van der Waals surface area (Å²) < 4.78 is 30.5. The fourth-order valence-corrected chi connectivity index (χ4v) is 6.46. The predicted octanol–water partition coefficient (Wildman–Crippen LogP) is 5.37. The smallest absolute Gasteiger partial charge is 0.152 e. The summed E-state index contributed by atoms with van der Waals surface area (Å²) in [6.07, 6.45) is 4.51. The van der Waals surface area contributed by atoms with E-state index >= 15 is 0 Å². The van der Waals surface area contributed by atoms with Crippen molar-refractivity contribution >= 4 is 17.3 Å². The van der Waals surface area contributed by atoms with Crippen molar-refractivity contribution < 1.29 is 8.78 Å². The van der Waals surface area contributed by atoms with Crippen LogP contribution in [0.4, 0.5) is 14.5 Å². The molecule has 0 bridgehead atoms. The molecule has 0 radical (unpaired) electrons. The third-order valence-electron chi connectivity index (χ3n) is 8.24. The van der Waals surface area contributed by atoms with Gasteiger partial charge in [0.1, 0.15) is 11.6 Å². The molecule has 8 heteroatoms. The van der Waals surface area contributed by atoms with Crippen molar-refractivity contribution in [3.8, 4) is 5.69 Å². The lowest BCUT2D eigenvalue weighted by Crippen LogP contribution is -2.62. The maximum Gasteiger partial charge on any atom is 0.152 e. The van der Waals surface area contributed by atoms with E-state index in [9.17, 15) is 8.78 Å². The topological polar surface area (TPSA) is 37.2 Å². The maximum absolute atomic E-state index is 14.6. The molecular weight excluding hydrogens is 456 g/mol. The van der Waals surface area contributed by atoms with E-state index in [1.54, 1.807) is 6.07 Å². The van der Waals surface area contributed by atoms with Crippen LogP contribution in [0, 0.1) is 24.0 Å². The van der Waals surface area contributed by atoms with E-state index in [0.29, 0.717) is 17.6 Å². The minimum absolute atomic E-state index is 0.0927. The largest absolute Gasteiger partial charge is 0.368 e. The lowest BCUT2D eigenvalue weighted by atomic mass is 9.57. The minimum Gasteiger partial charge on any atom is -0.368 e. The summed E-state index contributed by atoms with van der Waals surface area (Å²) in [6.45, 7) is 4.78. The quantitative estimate of drug-likeness (QED) is 0.504. The van der Waals surface area contributed by atoms with Crippen molar-refractivity contribution in [1.82, 2.24) is 19.7 Å². The van der Waals surface area contributed by atoms with E-state index in [1.807, 2.05) is 11.0 Å². The van der Waals surface area contributed by atoms with Gasteiger partial charge in [0.25, 0.3) is 0 Å². The van der Waals surface area contributed by atoms with Crippen molar-refractivity contribution in [2.24, 2.45) is 5.41 Å². The first-order chi connectivity index (χ1) is 16.4. The first-order valence-corrected chi connectivity index (χ1v) is 12.5. The van der Waals surface area contributed by atoms with Crippen molar-refractivity contribution in [2.75, 3.05) is 18.0 Å². The van der Waals surface area contributed by atoms with Gasteiger partial charge in [-0.15, -0.1) is 10.2 Å². The molecule has 1 spiro atoms. The summed E-state index contributed by atoms with van der Waals surface area (Å²) in [7, 11) is 0. The molecule has 7 rings (SSSR count). The Hall–Kier alpha value is -2.51. The van der Waals surface area contributed by atoms with Crippen molar-refractivity contribution in [1.29, 1.82) is 0 Å². The van der Waals surface area contributed by atoms with Gasteiger partial charge < -0.3 is 4.90 Å². The number of hydrogen-bond donors (Lipinski definition) is 0. The number of anilines is 1. The summed E-state index contributed by atoms with van der Waals surface area (Å²) >= 11 is 6.36. The molecule has 2 aliphatic heterocycles. The Labute approximate surface area is 202 Å². The number of hydrogen-bond acceptors (Lipinski definition) is 4. The highest BCUT2D eigenvalue weighted by Gasteiger charge is 2.54. The molecular formula is C26H26ClF2N5. The molecule has 3 heterocycles. The molecule has 1 aromatic heterocycles.